The van der Waals surface area contributed by atoms with Crippen molar-refractivity contribution in [3.8, 4) is 0 Å². The average molecular weight is 311 g/mol. The molecule has 1 aromatic rings. The van der Waals surface area contributed by atoms with Crippen LogP contribution in [0.3, 0.4) is 0 Å². The molecule has 1 aliphatic carbocycles. The molecule has 2 amide bonds. The number of aliphatic hydroxyl groups is 1. The van der Waals surface area contributed by atoms with Crippen LogP contribution in [0.15, 0.2) is 0 Å². The molecule has 0 spiro atoms. The normalized spacial score (nSPS) is 18.0. The summed E-state index contributed by atoms with van der Waals surface area (Å²) in [7, 11) is 0. The van der Waals surface area contributed by atoms with Gasteiger partial charge in [0.05, 0.1) is 22.8 Å². The van der Waals surface area contributed by atoms with Gasteiger partial charge in [0.1, 0.15) is 0 Å². The van der Waals surface area contributed by atoms with Crippen molar-refractivity contribution in [1.82, 2.24) is 15.6 Å². The summed E-state index contributed by atoms with van der Waals surface area (Å²) in [5.74, 6) is 0. The SMILES string of the molecule is Cc1nc(CNC(=O)NCC2(O)CCCCCC2)c(C)s1. The van der Waals surface area contributed by atoms with Crippen LogP contribution in [0.2, 0.25) is 0 Å². The van der Waals surface area contributed by atoms with E-state index in [4.69, 9.17) is 0 Å². The van der Waals surface area contributed by atoms with E-state index >= 15 is 0 Å². The lowest BCUT2D eigenvalue weighted by Gasteiger charge is -2.26. The molecule has 1 aromatic heterocycles. The molecular formula is C15H25N3O2S. The number of carbonyl (C=O) groups is 1. The third kappa shape index (κ3) is 4.97. The lowest BCUT2D eigenvalue weighted by molar-refractivity contribution is 0.0276. The maximum absolute atomic E-state index is 11.8. The number of urea groups is 1. The number of aryl methyl sites for hydroxylation is 2. The Bertz CT molecular complexity index is 479. The zero-order valence-electron chi connectivity index (χ0n) is 12.9. The van der Waals surface area contributed by atoms with Gasteiger partial charge in [-0.2, -0.15) is 0 Å². The quantitative estimate of drug-likeness (QED) is 0.748. The second-order valence-electron chi connectivity index (χ2n) is 5.91. The van der Waals surface area contributed by atoms with Crippen molar-refractivity contribution in [3.63, 3.8) is 0 Å². The average Bonchev–Trinajstić information content (AvgIpc) is 2.63. The number of hydrogen-bond donors (Lipinski definition) is 3. The number of aromatic nitrogens is 1. The van der Waals surface area contributed by atoms with Gasteiger partial charge in [-0.05, 0) is 26.7 Å². The summed E-state index contributed by atoms with van der Waals surface area (Å²) in [4.78, 5) is 17.4. The molecule has 1 heterocycles. The second-order valence-corrected chi connectivity index (χ2v) is 7.32. The second kappa shape index (κ2) is 7.22. The van der Waals surface area contributed by atoms with Crippen LogP contribution in [-0.2, 0) is 6.54 Å². The lowest BCUT2D eigenvalue weighted by Crippen LogP contribution is -2.46. The van der Waals surface area contributed by atoms with E-state index in [0.29, 0.717) is 13.1 Å². The Morgan fingerprint density at radius 3 is 2.48 bits per heavy atom. The number of hydrogen-bond acceptors (Lipinski definition) is 4. The molecule has 0 atom stereocenters. The zero-order valence-corrected chi connectivity index (χ0v) is 13.7. The van der Waals surface area contributed by atoms with E-state index in [1.807, 2.05) is 13.8 Å². The summed E-state index contributed by atoms with van der Waals surface area (Å²) in [6, 6.07) is -0.238. The summed E-state index contributed by atoms with van der Waals surface area (Å²) < 4.78 is 0. The molecule has 2 rings (SSSR count). The minimum Gasteiger partial charge on any atom is -0.388 e. The highest BCUT2D eigenvalue weighted by Gasteiger charge is 2.28. The highest BCUT2D eigenvalue weighted by molar-refractivity contribution is 7.11. The van der Waals surface area contributed by atoms with Gasteiger partial charge in [-0.3, -0.25) is 0 Å². The molecule has 0 unspecified atom stereocenters. The van der Waals surface area contributed by atoms with Gasteiger partial charge in [-0.15, -0.1) is 11.3 Å². The maximum atomic E-state index is 11.8. The first-order chi connectivity index (χ1) is 9.98. The summed E-state index contributed by atoms with van der Waals surface area (Å²) in [6.07, 6.45) is 5.98. The van der Waals surface area contributed by atoms with Crippen LogP contribution in [0.5, 0.6) is 0 Å². The molecule has 0 saturated heterocycles. The summed E-state index contributed by atoms with van der Waals surface area (Å²) in [6.45, 7) is 4.73. The number of rotatable bonds is 4. The number of thiazole rings is 1. The predicted molar refractivity (Wildman–Crippen MR) is 84.5 cm³/mol. The fourth-order valence-corrected chi connectivity index (χ4v) is 3.61. The minimum absolute atomic E-state index is 0.238. The van der Waals surface area contributed by atoms with Crippen LogP contribution >= 0.6 is 11.3 Å². The third-order valence-corrected chi connectivity index (χ3v) is 4.96. The van der Waals surface area contributed by atoms with Crippen molar-refractivity contribution in [2.24, 2.45) is 0 Å². The van der Waals surface area contributed by atoms with Crippen molar-refractivity contribution < 1.29 is 9.90 Å². The van der Waals surface area contributed by atoms with Crippen molar-refractivity contribution in [2.45, 2.75) is 64.5 Å². The first-order valence-electron chi connectivity index (χ1n) is 7.65. The van der Waals surface area contributed by atoms with Gasteiger partial charge in [-0.1, -0.05) is 25.7 Å². The molecule has 21 heavy (non-hydrogen) atoms. The molecular weight excluding hydrogens is 286 g/mol. The van der Waals surface area contributed by atoms with E-state index in [-0.39, 0.29) is 6.03 Å². The summed E-state index contributed by atoms with van der Waals surface area (Å²) in [5, 5.41) is 17.1. The monoisotopic (exact) mass is 311 g/mol. The van der Waals surface area contributed by atoms with Gasteiger partial charge in [0.2, 0.25) is 0 Å². The number of amides is 2. The van der Waals surface area contributed by atoms with Crippen molar-refractivity contribution in [1.29, 1.82) is 0 Å². The maximum Gasteiger partial charge on any atom is 0.315 e. The highest BCUT2D eigenvalue weighted by Crippen LogP contribution is 2.26. The van der Waals surface area contributed by atoms with Crippen molar-refractivity contribution in [2.75, 3.05) is 6.54 Å². The predicted octanol–water partition coefficient (Wildman–Crippen LogP) is 2.64. The highest BCUT2D eigenvalue weighted by atomic mass is 32.1. The van der Waals surface area contributed by atoms with Crippen LogP contribution in [-0.4, -0.2) is 28.3 Å². The van der Waals surface area contributed by atoms with Crippen LogP contribution in [0.4, 0.5) is 4.79 Å². The molecule has 1 fully saturated rings. The molecule has 0 aliphatic heterocycles. The van der Waals surface area contributed by atoms with Crippen LogP contribution in [0.1, 0.15) is 54.1 Å². The zero-order chi connectivity index (χ0) is 15.3. The van der Waals surface area contributed by atoms with E-state index in [9.17, 15) is 9.90 Å². The lowest BCUT2D eigenvalue weighted by atomic mass is 9.95. The molecule has 6 heteroatoms. The van der Waals surface area contributed by atoms with Gasteiger partial charge in [0, 0.05) is 11.4 Å². The molecule has 1 saturated carbocycles. The fourth-order valence-electron chi connectivity index (χ4n) is 2.77. The van der Waals surface area contributed by atoms with Crippen LogP contribution in [0.25, 0.3) is 0 Å². The first-order valence-corrected chi connectivity index (χ1v) is 8.47. The molecule has 1 aliphatic rings. The molecule has 3 N–H and O–H groups in total. The molecule has 0 bridgehead atoms. The molecule has 118 valence electrons. The third-order valence-electron chi connectivity index (χ3n) is 4.03. The van der Waals surface area contributed by atoms with Gasteiger partial charge in [-0.25, -0.2) is 9.78 Å². The summed E-state index contributed by atoms with van der Waals surface area (Å²) >= 11 is 1.64. The van der Waals surface area contributed by atoms with Gasteiger partial charge in [0.15, 0.2) is 0 Å². The number of carbonyl (C=O) groups excluding carboxylic acids is 1. The smallest absolute Gasteiger partial charge is 0.315 e. The Kier molecular flexibility index (Phi) is 5.58. The van der Waals surface area contributed by atoms with E-state index in [1.165, 1.54) is 12.8 Å². The molecule has 5 nitrogen and oxygen atoms in total. The number of nitrogens with zero attached hydrogens (tertiary/aromatic N) is 1. The van der Waals surface area contributed by atoms with E-state index in [2.05, 4.69) is 15.6 Å². The van der Waals surface area contributed by atoms with Crippen LogP contribution < -0.4 is 10.6 Å². The van der Waals surface area contributed by atoms with E-state index in [1.54, 1.807) is 11.3 Å². The standard InChI is InChI=1S/C15H25N3O2S/c1-11-13(18-12(2)21-11)9-16-14(19)17-10-15(20)7-5-3-4-6-8-15/h20H,3-10H2,1-2H3,(H2,16,17,19). The Balaban J connectivity index is 1.75. The fraction of sp³-hybridized carbons (Fsp3) is 0.733. The van der Waals surface area contributed by atoms with Gasteiger partial charge in [0.25, 0.3) is 0 Å². The Labute approximate surface area is 130 Å². The van der Waals surface area contributed by atoms with Crippen molar-refractivity contribution in [3.05, 3.63) is 15.6 Å². The van der Waals surface area contributed by atoms with Crippen molar-refractivity contribution >= 4 is 17.4 Å². The van der Waals surface area contributed by atoms with Gasteiger partial charge < -0.3 is 15.7 Å². The first kappa shape index (κ1) is 16.2. The Hall–Kier alpha value is -1.14. The molecule has 0 radical (unpaired) electrons. The van der Waals surface area contributed by atoms with E-state index < -0.39 is 5.60 Å². The van der Waals surface area contributed by atoms with Crippen LogP contribution in [0, 0.1) is 13.8 Å². The Morgan fingerprint density at radius 2 is 1.90 bits per heavy atom. The number of nitrogens with one attached hydrogen (secondary N) is 2. The topological polar surface area (TPSA) is 74.2 Å². The molecule has 0 aromatic carbocycles. The van der Waals surface area contributed by atoms with Gasteiger partial charge >= 0.3 is 6.03 Å². The Morgan fingerprint density at radius 1 is 1.24 bits per heavy atom. The minimum atomic E-state index is -0.735. The van der Waals surface area contributed by atoms with E-state index in [0.717, 1.165) is 41.3 Å². The summed E-state index contributed by atoms with van der Waals surface area (Å²) in [5.41, 5.74) is 0.182. The largest absolute Gasteiger partial charge is 0.388 e.